The van der Waals surface area contributed by atoms with E-state index in [-0.39, 0.29) is 5.92 Å². The summed E-state index contributed by atoms with van der Waals surface area (Å²) in [6.07, 6.45) is 3.98. The lowest BCUT2D eigenvalue weighted by Crippen LogP contribution is -2.13. The zero-order chi connectivity index (χ0) is 5.56. The van der Waals surface area contributed by atoms with Gasteiger partial charge >= 0.3 is 0 Å². The summed E-state index contributed by atoms with van der Waals surface area (Å²) in [6, 6.07) is 0. The van der Waals surface area contributed by atoms with Crippen molar-refractivity contribution in [1.29, 1.82) is 0 Å². The fraction of sp³-hybridized carbons (Fsp3) is 0.500. The molecule has 8 heavy (non-hydrogen) atoms. The maximum absolute atomic E-state index is 10.7. The number of carbonyl (C=O) groups is 1. The van der Waals surface area contributed by atoms with Crippen LogP contribution in [0.1, 0.15) is 0 Å². The Hall–Kier alpha value is -0.790. The minimum absolute atomic E-state index is 0.245. The van der Waals surface area contributed by atoms with Gasteiger partial charge in [0.05, 0.1) is 12.5 Å². The molecule has 1 atom stereocenters. The SMILES string of the molecule is O=C1CN2C=CC1C2. The van der Waals surface area contributed by atoms with Crippen LogP contribution in [-0.4, -0.2) is 23.8 Å². The van der Waals surface area contributed by atoms with Crippen LogP contribution in [-0.2, 0) is 4.79 Å². The van der Waals surface area contributed by atoms with Crippen LogP contribution < -0.4 is 0 Å². The van der Waals surface area contributed by atoms with Crippen molar-refractivity contribution in [3.63, 3.8) is 0 Å². The van der Waals surface area contributed by atoms with Gasteiger partial charge in [-0.25, -0.2) is 0 Å². The summed E-state index contributed by atoms with van der Waals surface area (Å²) in [4.78, 5) is 12.8. The van der Waals surface area contributed by atoms with Crippen LogP contribution >= 0.6 is 0 Å². The van der Waals surface area contributed by atoms with Gasteiger partial charge in [-0.05, 0) is 6.20 Å². The maximum atomic E-state index is 10.7. The van der Waals surface area contributed by atoms with E-state index in [0.29, 0.717) is 12.3 Å². The van der Waals surface area contributed by atoms with E-state index in [9.17, 15) is 4.79 Å². The number of fused-ring (bicyclic) bond motifs is 2. The Morgan fingerprint density at radius 3 is 2.88 bits per heavy atom. The molecule has 1 saturated heterocycles. The van der Waals surface area contributed by atoms with Crippen molar-refractivity contribution in [3.8, 4) is 0 Å². The molecule has 0 radical (unpaired) electrons. The van der Waals surface area contributed by atoms with Gasteiger partial charge in [0.1, 0.15) is 0 Å². The molecule has 1 unspecified atom stereocenters. The van der Waals surface area contributed by atoms with Gasteiger partial charge in [0.15, 0.2) is 5.78 Å². The molecule has 2 aliphatic rings. The molecule has 0 aliphatic carbocycles. The quantitative estimate of drug-likeness (QED) is 0.437. The molecule has 0 aromatic rings. The second-order valence-corrected chi connectivity index (χ2v) is 2.34. The maximum Gasteiger partial charge on any atom is 0.160 e. The van der Waals surface area contributed by atoms with E-state index in [0.717, 1.165) is 6.54 Å². The highest BCUT2D eigenvalue weighted by atomic mass is 16.1. The first-order valence-corrected chi connectivity index (χ1v) is 2.81. The molecule has 1 fully saturated rings. The largest absolute Gasteiger partial charge is 0.369 e. The summed E-state index contributed by atoms with van der Waals surface area (Å²) in [6.45, 7) is 1.60. The van der Waals surface area contributed by atoms with Gasteiger partial charge in [0, 0.05) is 6.54 Å². The zero-order valence-electron chi connectivity index (χ0n) is 4.50. The average molecular weight is 109 g/mol. The van der Waals surface area contributed by atoms with Crippen LogP contribution in [0.4, 0.5) is 0 Å². The van der Waals surface area contributed by atoms with Gasteiger partial charge in [0.2, 0.25) is 0 Å². The Morgan fingerprint density at radius 1 is 1.75 bits per heavy atom. The van der Waals surface area contributed by atoms with Gasteiger partial charge in [-0.1, -0.05) is 6.08 Å². The third-order valence-corrected chi connectivity index (χ3v) is 1.73. The lowest BCUT2D eigenvalue weighted by Gasteiger charge is -2.04. The molecule has 0 N–H and O–H groups in total. The predicted molar refractivity (Wildman–Crippen MR) is 29.2 cm³/mol. The molecule has 2 heteroatoms. The van der Waals surface area contributed by atoms with Crippen LogP contribution in [0, 0.1) is 5.92 Å². The molecular weight excluding hydrogens is 102 g/mol. The molecule has 0 aromatic heterocycles. The summed E-state index contributed by atoms with van der Waals surface area (Å²) in [7, 11) is 0. The Labute approximate surface area is 47.8 Å². The van der Waals surface area contributed by atoms with Crippen LogP contribution in [0.25, 0.3) is 0 Å². The number of hydrogen-bond donors (Lipinski definition) is 0. The highest BCUT2D eigenvalue weighted by molar-refractivity contribution is 5.88. The van der Waals surface area contributed by atoms with Gasteiger partial charge in [-0.2, -0.15) is 0 Å². The molecular formula is C6H7NO. The van der Waals surface area contributed by atoms with Crippen molar-refractivity contribution in [2.24, 2.45) is 5.92 Å². The van der Waals surface area contributed by atoms with Gasteiger partial charge in [-0.3, -0.25) is 4.79 Å². The normalized spacial score (nSPS) is 32.8. The number of nitrogens with zero attached hydrogens (tertiary/aromatic N) is 1. The van der Waals surface area contributed by atoms with E-state index in [1.165, 1.54) is 0 Å². The van der Waals surface area contributed by atoms with E-state index < -0.39 is 0 Å². The first-order chi connectivity index (χ1) is 3.86. The van der Waals surface area contributed by atoms with Crippen LogP contribution in [0.15, 0.2) is 12.3 Å². The van der Waals surface area contributed by atoms with Crippen LogP contribution in [0.2, 0.25) is 0 Å². The minimum atomic E-state index is 0.245. The third kappa shape index (κ3) is 0.351. The predicted octanol–water partition coefficient (Wildman–Crippen LogP) is 0.0146. The molecule has 2 nitrogen and oxygen atoms in total. The molecule has 2 rings (SSSR count). The third-order valence-electron chi connectivity index (χ3n) is 1.73. The van der Waals surface area contributed by atoms with Crippen molar-refractivity contribution in [3.05, 3.63) is 12.3 Å². The van der Waals surface area contributed by atoms with E-state index in [1.807, 2.05) is 17.2 Å². The minimum Gasteiger partial charge on any atom is -0.369 e. The van der Waals surface area contributed by atoms with Crippen LogP contribution in [0.3, 0.4) is 0 Å². The Kier molecular flexibility index (Phi) is 0.583. The summed E-state index contributed by atoms with van der Waals surface area (Å²) in [5.41, 5.74) is 0. The van der Waals surface area contributed by atoms with Crippen molar-refractivity contribution >= 4 is 5.78 Å². The first kappa shape index (κ1) is 4.13. The molecule has 0 spiro atoms. The number of hydrogen-bond acceptors (Lipinski definition) is 2. The van der Waals surface area contributed by atoms with Crippen molar-refractivity contribution in [1.82, 2.24) is 4.90 Å². The number of Topliss-reactive ketones (excluding diaryl/α,β-unsaturated/α-hetero) is 1. The smallest absolute Gasteiger partial charge is 0.160 e. The van der Waals surface area contributed by atoms with E-state index in [2.05, 4.69) is 0 Å². The molecule has 2 heterocycles. The zero-order valence-corrected chi connectivity index (χ0v) is 4.50. The van der Waals surface area contributed by atoms with Crippen molar-refractivity contribution < 1.29 is 4.79 Å². The van der Waals surface area contributed by atoms with Crippen molar-refractivity contribution in [2.45, 2.75) is 0 Å². The number of ketones is 1. The second kappa shape index (κ2) is 1.13. The molecule has 2 bridgehead atoms. The van der Waals surface area contributed by atoms with Gasteiger partial charge in [0.25, 0.3) is 0 Å². The highest BCUT2D eigenvalue weighted by Gasteiger charge is 2.30. The topological polar surface area (TPSA) is 20.3 Å². The highest BCUT2D eigenvalue weighted by Crippen LogP contribution is 2.20. The fourth-order valence-electron chi connectivity index (χ4n) is 1.24. The van der Waals surface area contributed by atoms with Crippen molar-refractivity contribution in [2.75, 3.05) is 13.1 Å². The van der Waals surface area contributed by atoms with Gasteiger partial charge < -0.3 is 4.90 Å². The van der Waals surface area contributed by atoms with E-state index in [4.69, 9.17) is 0 Å². The standard InChI is InChI=1S/C6H7NO/c8-6-4-7-2-1-5(6)3-7/h1-2,5H,3-4H2. The molecule has 0 saturated carbocycles. The van der Waals surface area contributed by atoms with E-state index >= 15 is 0 Å². The Morgan fingerprint density at radius 2 is 2.62 bits per heavy atom. The number of rotatable bonds is 0. The van der Waals surface area contributed by atoms with E-state index in [1.54, 1.807) is 0 Å². The lowest BCUT2D eigenvalue weighted by atomic mass is 10.1. The fourth-order valence-corrected chi connectivity index (χ4v) is 1.24. The van der Waals surface area contributed by atoms with Crippen LogP contribution in [0.5, 0.6) is 0 Å². The Bertz CT molecular complexity index is 162. The number of carbonyl (C=O) groups excluding carboxylic acids is 1. The summed E-state index contributed by atoms with van der Waals surface area (Å²) in [5.74, 6) is 0.627. The summed E-state index contributed by atoms with van der Waals surface area (Å²) < 4.78 is 0. The Balaban J connectivity index is 2.35. The second-order valence-electron chi connectivity index (χ2n) is 2.34. The molecule has 42 valence electrons. The summed E-state index contributed by atoms with van der Waals surface area (Å²) in [5, 5.41) is 0. The molecule has 0 aromatic carbocycles. The summed E-state index contributed by atoms with van der Waals surface area (Å²) >= 11 is 0. The monoisotopic (exact) mass is 109 g/mol. The first-order valence-electron chi connectivity index (χ1n) is 2.81. The van der Waals surface area contributed by atoms with Gasteiger partial charge in [-0.15, -0.1) is 0 Å². The molecule has 2 aliphatic heterocycles. The lowest BCUT2D eigenvalue weighted by molar-refractivity contribution is -0.118. The average Bonchev–Trinajstić information content (AvgIpc) is 2.23. The molecule has 0 amide bonds.